The van der Waals surface area contributed by atoms with Gasteiger partial charge in [0.15, 0.2) is 0 Å². The number of halogens is 1. The van der Waals surface area contributed by atoms with Gasteiger partial charge in [0, 0.05) is 16.2 Å². The van der Waals surface area contributed by atoms with Crippen molar-refractivity contribution < 1.29 is 14.7 Å². The molecule has 0 fully saturated rings. The van der Waals surface area contributed by atoms with Gasteiger partial charge in [0.1, 0.15) is 12.1 Å². The summed E-state index contributed by atoms with van der Waals surface area (Å²) < 4.78 is 0. The lowest BCUT2D eigenvalue weighted by atomic mass is 9.74. The zero-order chi connectivity index (χ0) is 22.9. The third-order valence-corrected chi connectivity index (χ3v) is 5.46. The summed E-state index contributed by atoms with van der Waals surface area (Å²) in [6.07, 6.45) is 0.730. The third-order valence-electron chi connectivity index (χ3n) is 5.23. The van der Waals surface area contributed by atoms with Crippen LogP contribution in [0, 0.1) is 0 Å². The molecule has 0 amide bonds. The van der Waals surface area contributed by atoms with Crippen LogP contribution in [0.4, 0.5) is 5.69 Å². The Labute approximate surface area is 185 Å². The molecule has 1 aliphatic heterocycles. The zero-order valence-corrected chi connectivity index (χ0v) is 18.2. The highest BCUT2D eigenvalue weighted by Gasteiger charge is 2.34. The minimum absolute atomic E-state index is 0.0731. The number of fused-ring (bicyclic) bond motifs is 1. The van der Waals surface area contributed by atoms with Crippen LogP contribution in [0.5, 0.6) is 0 Å². The Bertz CT molecular complexity index is 1210. The topological polar surface area (TPSA) is 105 Å². The summed E-state index contributed by atoms with van der Waals surface area (Å²) in [6, 6.07) is 11.6. The third kappa shape index (κ3) is 4.07. The van der Waals surface area contributed by atoms with E-state index in [1.54, 1.807) is 45.0 Å². The first-order chi connectivity index (χ1) is 14.6. The molecule has 2 aromatic rings. The maximum atomic E-state index is 12.3. The molecule has 31 heavy (non-hydrogen) atoms. The van der Waals surface area contributed by atoms with Gasteiger partial charge >= 0.3 is 5.97 Å². The van der Waals surface area contributed by atoms with Crippen LogP contribution in [0.1, 0.15) is 42.3 Å². The van der Waals surface area contributed by atoms with Gasteiger partial charge in [-0.25, -0.2) is 14.8 Å². The highest BCUT2D eigenvalue weighted by molar-refractivity contribution is 6.52. The average molecular weight is 436 g/mol. The maximum Gasteiger partial charge on any atom is 0.335 e. The number of carboxylic acid groups (broad SMARTS) is 1. The Morgan fingerprint density at radius 2 is 1.97 bits per heavy atom. The lowest BCUT2D eigenvalue weighted by molar-refractivity contribution is -0.111. The number of carbonyl (C=O) groups excluding carboxylic acids is 1. The molecule has 0 saturated carbocycles. The van der Waals surface area contributed by atoms with Crippen molar-refractivity contribution in [3.63, 3.8) is 0 Å². The van der Waals surface area contributed by atoms with E-state index in [1.165, 1.54) is 12.1 Å². The fraction of sp³-hybridized carbons (Fsp3) is 0.167. The first kappa shape index (κ1) is 22.2. The molecule has 6 nitrogen and oxygen atoms in total. The summed E-state index contributed by atoms with van der Waals surface area (Å²) in [5, 5.41) is 9.93. The number of rotatable bonds is 7. The number of aromatic carboxylic acids is 1. The van der Waals surface area contributed by atoms with Crippen LogP contribution in [0.15, 0.2) is 76.0 Å². The van der Waals surface area contributed by atoms with Crippen molar-refractivity contribution in [2.45, 2.75) is 26.2 Å². The maximum absolute atomic E-state index is 12.3. The van der Waals surface area contributed by atoms with Crippen LogP contribution in [-0.2, 0) is 10.2 Å². The van der Waals surface area contributed by atoms with Gasteiger partial charge in [-0.05, 0) is 56.7 Å². The van der Waals surface area contributed by atoms with Crippen LogP contribution in [-0.4, -0.2) is 28.8 Å². The number of allylic oxidation sites excluding steroid dienone is 2. The molecular weight excluding hydrogens is 414 g/mol. The molecule has 0 radical (unpaired) electrons. The number of carbonyl (C=O) groups is 2. The van der Waals surface area contributed by atoms with E-state index in [2.05, 4.69) is 16.6 Å². The predicted octanol–water partition coefficient (Wildman–Crippen LogP) is 4.84. The van der Waals surface area contributed by atoms with E-state index >= 15 is 0 Å². The van der Waals surface area contributed by atoms with Crippen molar-refractivity contribution in [3.05, 3.63) is 87.7 Å². The minimum atomic E-state index is -1.24. The molecule has 0 aliphatic carbocycles. The quantitative estimate of drug-likeness (QED) is 0.369. The second kappa shape index (κ2) is 8.32. The Hall–Kier alpha value is -3.51. The molecule has 1 atom stereocenters. The second-order valence-electron chi connectivity index (χ2n) is 7.57. The Kier molecular flexibility index (Phi) is 5.95. The minimum Gasteiger partial charge on any atom is -0.478 e. The molecule has 3 rings (SSSR count). The molecule has 0 spiro atoms. The number of hydrogen-bond acceptors (Lipinski definition) is 5. The predicted molar refractivity (Wildman–Crippen MR) is 124 cm³/mol. The SMILES string of the molecule is C=C(C)/C(=C(N)\N=C(/C)C1=Nc2cc(Cl)ccc21)C(C)(C=O)c1cccc(C(=O)O)c1. The van der Waals surface area contributed by atoms with Crippen LogP contribution >= 0.6 is 11.6 Å². The number of nitrogens with two attached hydrogens (primary N) is 1. The number of carboxylic acids is 1. The van der Waals surface area contributed by atoms with Gasteiger partial charge in [0.25, 0.3) is 0 Å². The molecule has 158 valence electrons. The normalized spacial score (nSPS) is 15.6. The highest BCUT2D eigenvalue weighted by atomic mass is 35.5. The number of benzene rings is 2. The van der Waals surface area contributed by atoms with Crippen molar-refractivity contribution in [2.75, 3.05) is 0 Å². The molecule has 1 aliphatic rings. The summed E-state index contributed by atoms with van der Waals surface area (Å²) >= 11 is 5.99. The molecule has 0 aromatic heterocycles. The number of nitrogens with zero attached hydrogens (tertiary/aromatic N) is 2. The van der Waals surface area contributed by atoms with Crippen molar-refractivity contribution >= 4 is 41.0 Å². The lowest BCUT2D eigenvalue weighted by Crippen LogP contribution is -2.30. The van der Waals surface area contributed by atoms with Crippen LogP contribution in [0.2, 0.25) is 5.02 Å². The van der Waals surface area contributed by atoms with Crippen LogP contribution < -0.4 is 5.73 Å². The van der Waals surface area contributed by atoms with E-state index in [4.69, 9.17) is 17.3 Å². The largest absolute Gasteiger partial charge is 0.478 e. The standard InChI is InChI=1S/C24H22ClN3O3/c1-13(2)20(24(4,12-29)16-7-5-6-15(10-16)23(30)31)22(26)27-14(3)21-18-9-8-17(25)11-19(18)28-21/h5-12H,1,26H2,2-4H3,(H,30,31)/b22-20+,27-14+. The van der Waals surface area contributed by atoms with E-state index in [1.807, 2.05) is 6.07 Å². The van der Waals surface area contributed by atoms with Crippen molar-refractivity contribution in [1.82, 2.24) is 0 Å². The van der Waals surface area contributed by atoms with Gasteiger partial charge < -0.3 is 15.6 Å². The fourth-order valence-corrected chi connectivity index (χ4v) is 3.83. The van der Waals surface area contributed by atoms with Gasteiger partial charge in [0.2, 0.25) is 0 Å². The molecule has 7 heteroatoms. The molecule has 1 unspecified atom stereocenters. The zero-order valence-electron chi connectivity index (χ0n) is 17.4. The Morgan fingerprint density at radius 3 is 2.55 bits per heavy atom. The molecule has 2 aromatic carbocycles. The highest BCUT2D eigenvalue weighted by Crippen LogP contribution is 2.37. The molecule has 0 saturated heterocycles. The first-order valence-electron chi connectivity index (χ1n) is 9.49. The number of hydrogen-bond donors (Lipinski definition) is 2. The summed E-state index contributed by atoms with van der Waals surface area (Å²) in [5.41, 5.74) is 9.61. The van der Waals surface area contributed by atoms with Gasteiger partial charge in [0.05, 0.1) is 28.1 Å². The van der Waals surface area contributed by atoms with E-state index in [-0.39, 0.29) is 11.4 Å². The molecule has 3 N–H and O–H groups in total. The summed E-state index contributed by atoms with van der Waals surface area (Å²) in [5.74, 6) is -0.968. The number of aldehydes is 1. The summed E-state index contributed by atoms with van der Waals surface area (Å²) in [7, 11) is 0. The van der Waals surface area contributed by atoms with Crippen molar-refractivity contribution in [2.24, 2.45) is 15.7 Å². The van der Waals surface area contributed by atoms with Crippen LogP contribution in [0.25, 0.3) is 0 Å². The summed E-state index contributed by atoms with van der Waals surface area (Å²) in [6.45, 7) is 9.16. The summed E-state index contributed by atoms with van der Waals surface area (Å²) in [4.78, 5) is 32.6. The lowest BCUT2D eigenvalue weighted by Gasteiger charge is -2.29. The first-order valence-corrected chi connectivity index (χ1v) is 9.87. The van der Waals surface area contributed by atoms with E-state index < -0.39 is 11.4 Å². The van der Waals surface area contributed by atoms with Crippen molar-refractivity contribution in [3.8, 4) is 0 Å². The average Bonchev–Trinajstić information content (AvgIpc) is 2.69. The second-order valence-corrected chi connectivity index (χ2v) is 8.00. The van der Waals surface area contributed by atoms with Crippen LogP contribution in [0.3, 0.4) is 0 Å². The fourth-order valence-electron chi connectivity index (χ4n) is 3.67. The smallest absolute Gasteiger partial charge is 0.335 e. The van der Waals surface area contributed by atoms with Gasteiger partial charge in [-0.1, -0.05) is 35.9 Å². The Balaban J connectivity index is 2.09. The molecule has 1 heterocycles. The molecular formula is C24H22ClN3O3. The van der Waals surface area contributed by atoms with E-state index in [9.17, 15) is 14.7 Å². The number of aliphatic imine (C=N–C) groups is 2. The Morgan fingerprint density at radius 1 is 1.26 bits per heavy atom. The van der Waals surface area contributed by atoms with Gasteiger partial charge in [-0.3, -0.25) is 0 Å². The van der Waals surface area contributed by atoms with Crippen molar-refractivity contribution in [1.29, 1.82) is 0 Å². The monoisotopic (exact) mass is 435 g/mol. The van der Waals surface area contributed by atoms with Gasteiger partial charge in [-0.15, -0.1) is 0 Å². The molecule has 0 bridgehead atoms. The van der Waals surface area contributed by atoms with E-state index in [0.29, 0.717) is 33.2 Å². The van der Waals surface area contributed by atoms with E-state index in [0.717, 1.165) is 17.5 Å². The van der Waals surface area contributed by atoms with Gasteiger partial charge in [-0.2, -0.15) is 0 Å².